The zero-order valence-corrected chi connectivity index (χ0v) is 24.0. The third-order valence-corrected chi connectivity index (χ3v) is 9.18. The van der Waals surface area contributed by atoms with Crippen LogP contribution in [0.3, 0.4) is 0 Å². The minimum absolute atomic E-state index is 0.00494. The van der Waals surface area contributed by atoms with E-state index in [-0.39, 0.29) is 11.4 Å². The van der Waals surface area contributed by atoms with Crippen molar-refractivity contribution < 1.29 is 4.79 Å². The van der Waals surface area contributed by atoms with E-state index in [1.54, 1.807) is 0 Å². The monoisotopic (exact) mass is 524 g/mol. The molecule has 1 fully saturated rings. The Labute approximate surface area is 231 Å². The van der Waals surface area contributed by atoms with E-state index in [2.05, 4.69) is 110 Å². The molecule has 3 aromatic carbocycles. The molecular weight excluding hydrogens is 484 g/mol. The lowest BCUT2D eigenvalue weighted by atomic mass is 9.78. The molecule has 1 N–H and O–H groups in total. The fraction of sp³-hybridized carbons (Fsp3) is 0.382. The average Bonchev–Trinajstić information content (AvgIpc) is 3.56. The molecule has 38 heavy (non-hydrogen) atoms. The number of nitrogens with one attached hydrogen (secondary N) is 1. The standard InChI is InChI=1S/C34H40N2OS/c1-24(2)27-16-12-17-28(25(3)4)32(27)35-33(37)36(21-26-13-6-5-7-14-26)23-34(19-10-11-20-34)30-22-38-31-18-9-8-15-29(30)31/h5-9,12-18,22,24-25H,10-11,19-21,23H2,1-4H3,(H,35,37). The lowest BCUT2D eigenvalue weighted by molar-refractivity contribution is 0.189. The zero-order valence-electron chi connectivity index (χ0n) is 23.2. The minimum Gasteiger partial charge on any atom is -0.319 e. The van der Waals surface area contributed by atoms with Gasteiger partial charge >= 0.3 is 6.03 Å². The zero-order chi connectivity index (χ0) is 26.7. The number of hydrogen-bond acceptors (Lipinski definition) is 2. The van der Waals surface area contributed by atoms with Crippen LogP contribution in [0, 0.1) is 0 Å². The second-order valence-corrected chi connectivity index (χ2v) is 12.4. The second-order valence-electron chi connectivity index (χ2n) is 11.5. The molecule has 0 atom stereocenters. The Bertz CT molecular complexity index is 1360. The molecule has 3 nitrogen and oxygen atoms in total. The fourth-order valence-corrected chi connectivity index (χ4v) is 7.29. The van der Waals surface area contributed by atoms with E-state index in [0.717, 1.165) is 30.6 Å². The Morgan fingerprint density at radius 3 is 2.16 bits per heavy atom. The van der Waals surface area contributed by atoms with Gasteiger partial charge in [0.1, 0.15) is 0 Å². The molecule has 2 amide bonds. The molecule has 0 bridgehead atoms. The molecule has 0 saturated heterocycles. The molecule has 0 unspecified atom stereocenters. The number of benzene rings is 3. The van der Waals surface area contributed by atoms with Crippen LogP contribution in [0.15, 0.2) is 78.2 Å². The number of nitrogens with zero attached hydrogens (tertiary/aromatic N) is 1. The number of urea groups is 1. The van der Waals surface area contributed by atoms with Crippen molar-refractivity contribution in [1.82, 2.24) is 4.90 Å². The molecule has 4 heteroatoms. The maximum atomic E-state index is 14.2. The van der Waals surface area contributed by atoms with Crippen molar-refractivity contribution in [1.29, 1.82) is 0 Å². The van der Waals surface area contributed by atoms with Gasteiger partial charge in [-0.25, -0.2) is 4.79 Å². The number of fused-ring (bicyclic) bond motifs is 1. The highest BCUT2D eigenvalue weighted by molar-refractivity contribution is 7.17. The van der Waals surface area contributed by atoms with Crippen LogP contribution in [0.25, 0.3) is 10.1 Å². The summed E-state index contributed by atoms with van der Waals surface area (Å²) in [5, 5.41) is 7.14. The Kier molecular flexibility index (Phi) is 7.90. The van der Waals surface area contributed by atoms with Crippen molar-refractivity contribution in [2.24, 2.45) is 0 Å². The summed E-state index contributed by atoms with van der Waals surface area (Å²) in [5.41, 5.74) is 5.94. The molecule has 1 heterocycles. The van der Waals surface area contributed by atoms with Crippen LogP contribution in [-0.4, -0.2) is 17.5 Å². The topological polar surface area (TPSA) is 32.3 Å². The number of rotatable bonds is 8. The highest BCUT2D eigenvalue weighted by Gasteiger charge is 2.40. The first-order valence-corrected chi connectivity index (χ1v) is 15.0. The van der Waals surface area contributed by atoms with E-state index in [1.807, 2.05) is 17.4 Å². The summed E-state index contributed by atoms with van der Waals surface area (Å²) in [6.07, 6.45) is 4.65. The minimum atomic E-state index is -0.0236. The first-order valence-electron chi connectivity index (χ1n) is 14.1. The maximum absolute atomic E-state index is 14.2. The van der Waals surface area contributed by atoms with Gasteiger partial charge in [-0.2, -0.15) is 0 Å². The Hall–Kier alpha value is -3.11. The van der Waals surface area contributed by atoms with Gasteiger partial charge in [0.25, 0.3) is 0 Å². The van der Waals surface area contributed by atoms with Gasteiger partial charge in [-0.3, -0.25) is 0 Å². The van der Waals surface area contributed by atoms with Gasteiger partial charge < -0.3 is 10.2 Å². The highest BCUT2D eigenvalue weighted by atomic mass is 32.1. The van der Waals surface area contributed by atoms with Gasteiger partial charge in [0.2, 0.25) is 0 Å². The molecule has 1 saturated carbocycles. The predicted octanol–water partition coefficient (Wildman–Crippen LogP) is 9.69. The SMILES string of the molecule is CC(C)c1cccc(C(C)C)c1NC(=O)N(Cc1ccccc1)CC1(c2csc3ccccc23)CCCC1. The molecule has 4 aromatic rings. The summed E-state index contributed by atoms with van der Waals surface area (Å²) in [5.74, 6) is 0.648. The summed E-state index contributed by atoms with van der Waals surface area (Å²) in [4.78, 5) is 16.3. The van der Waals surface area contributed by atoms with E-state index in [4.69, 9.17) is 0 Å². The number of hydrogen-bond donors (Lipinski definition) is 1. The largest absolute Gasteiger partial charge is 0.322 e. The summed E-state index contributed by atoms with van der Waals surface area (Å²) in [6, 6.07) is 25.6. The van der Waals surface area contributed by atoms with Crippen LogP contribution in [0.1, 0.15) is 87.5 Å². The number of thiophene rings is 1. The second kappa shape index (κ2) is 11.3. The highest BCUT2D eigenvalue weighted by Crippen LogP contribution is 2.46. The van der Waals surface area contributed by atoms with Gasteiger partial charge in [-0.15, -0.1) is 11.3 Å². The van der Waals surface area contributed by atoms with Gasteiger partial charge in [0.15, 0.2) is 0 Å². The lowest BCUT2D eigenvalue weighted by Gasteiger charge is -2.36. The van der Waals surface area contributed by atoms with Crippen LogP contribution < -0.4 is 5.32 Å². The normalized spacial score (nSPS) is 14.9. The lowest BCUT2D eigenvalue weighted by Crippen LogP contribution is -2.44. The quantitative estimate of drug-likeness (QED) is 0.244. The molecule has 198 valence electrons. The van der Waals surface area contributed by atoms with Crippen molar-refractivity contribution in [3.63, 3.8) is 0 Å². The molecule has 1 aromatic heterocycles. The average molecular weight is 525 g/mol. The number of amides is 2. The van der Waals surface area contributed by atoms with Gasteiger partial charge in [0, 0.05) is 28.9 Å². The molecule has 5 rings (SSSR count). The number of anilines is 1. The van der Waals surface area contributed by atoms with Gasteiger partial charge in [-0.05, 0) is 63.8 Å². The van der Waals surface area contributed by atoms with E-state index in [1.165, 1.54) is 39.6 Å². The first kappa shape index (κ1) is 26.5. The molecule has 0 spiro atoms. The molecule has 0 radical (unpaired) electrons. The fourth-order valence-electron chi connectivity index (χ4n) is 6.20. The van der Waals surface area contributed by atoms with E-state index in [9.17, 15) is 4.79 Å². The predicted molar refractivity (Wildman–Crippen MR) is 162 cm³/mol. The summed E-state index contributed by atoms with van der Waals surface area (Å²) < 4.78 is 1.33. The van der Waals surface area contributed by atoms with Crippen molar-refractivity contribution in [2.45, 2.75) is 77.2 Å². The Morgan fingerprint density at radius 1 is 0.868 bits per heavy atom. The van der Waals surface area contributed by atoms with Crippen molar-refractivity contribution in [2.75, 3.05) is 11.9 Å². The van der Waals surface area contributed by atoms with Crippen LogP contribution in [-0.2, 0) is 12.0 Å². The van der Waals surface area contributed by atoms with Crippen molar-refractivity contribution in [3.05, 3.63) is 100 Å². The number of para-hydroxylation sites is 1. The molecular formula is C34H40N2OS. The smallest absolute Gasteiger partial charge is 0.319 e. The third-order valence-electron chi connectivity index (χ3n) is 8.21. The van der Waals surface area contributed by atoms with Gasteiger partial charge in [0.05, 0.1) is 0 Å². The number of carbonyl (C=O) groups excluding carboxylic acids is 1. The number of carbonyl (C=O) groups is 1. The summed E-state index contributed by atoms with van der Waals surface area (Å²) in [6.45, 7) is 10.1. The van der Waals surface area contributed by atoms with E-state index in [0.29, 0.717) is 18.4 Å². The van der Waals surface area contributed by atoms with Crippen LogP contribution >= 0.6 is 11.3 Å². The van der Waals surface area contributed by atoms with Crippen LogP contribution in [0.5, 0.6) is 0 Å². The Morgan fingerprint density at radius 2 is 1.50 bits per heavy atom. The van der Waals surface area contributed by atoms with E-state index >= 15 is 0 Å². The summed E-state index contributed by atoms with van der Waals surface area (Å²) in [7, 11) is 0. The third kappa shape index (κ3) is 5.37. The van der Waals surface area contributed by atoms with E-state index < -0.39 is 0 Å². The Balaban J connectivity index is 1.53. The van der Waals surface area contributed by atoms with Crippen molar-refractivity contribution in [3.8, 4) is 0 Å². The first-order chi connectivity index (χ1) is 18.4. The van der Waals surface area contributed by atoms with Crippen molar-refractivity contribution >= 4 is 33.1 Å². The molecule has 0 aliphatic heterocycles. The summed E-state index contributed by atoms with van der Waals surface area (Å²) >= 11 is 1.83. The molecule has 1 aliphatic rings. The molecule has 1 aliphatic carbocycles. The van der Waals surface area contributed by atoms with Gasteiger partial charge in [-0.1, -0.05) is 107 Å². The van der Waals surface area contributed by atoms with Crippen LogP contribution in [0.2, 0.25) is 0 Å². The van der Waals surface area contributed by atoms with Crippen LogP contribution in [0.4, 0.5) is 10.5 Å². The maximum Gasteiger partial charge on any atom is 0.322 e.